The maximum atomic E-state index is 3.57. The van der Waals surface area contributed by atoms with Crippen molar-refractivity contribution in [2.45, 2.75) is 31.7 Å². The normalized spacial score (nSPS) is 22.1. The fourth-order valence-electron chi connectivity index (χ4n) is 3.57. The van der Waals surface area contributed by atoms with Crippen LogP contribution in [0, 0.1) is 5.92 Å². The van der Waals surface area contributed by atoms with Gasteiger partial charge in [0, 0.05) is 6.04 Å². The average molecular weight is 265 g/mol. The summed E-state index contributed by atoms with van der Waals surface area (Å²) in [5.74, 6) is 0.686. The van der Waals surface area contributed by atoms with E-state index in [9.17, 15) is 0 Å². The molecule has 2 aromatic rings. The van der Waals surface area contributed by atoms with Gasteiger partial charge >= 0.3 is 0 Å². The van der Waals surface area contributed by atoms with Crippen molar-refractivity contribution < 1.29 is 0 Å². The van der Waals surface area contributed by atoms with Crippen molar-refractivity contribution in [1.29, 1.82) is 0 Å². The molecule has 1 heteroatoms. The first-order chi connectivity index (χ1) is 9.88. The number of rotatable bonds is 3. The molecule has 0 bridgehead atoms. The SMILES string of the molecule is CNC1c2ccccc2CCCC1Cc1ccccc1. The fourth-order valence-corrected chi connectivity index (χ4v) is 3.57. The van der Waals surface area contributed by atoms with Crippen molar-refractivity contribution >= 4 is 0 Å². The highest BCUT2D eigenvalue weighted by Gasteiger charge is 2.26. The molecule has 104 valence electrons. The van der Waals surface area contributed by atoms with Gasteiger partial charge in [-0.1, -0.05) is 54.6 Å². The Morgan fingerprint density at radius 1 is 1.00 bits per heavy atom. The van der Waals surface area contributed by atoms with Crippen molar-refractivity contribution in [3.63, 3.8) is 0 Å². The van der Waals surface area contributed by atoms with Crippen LogP contribution in [0.5, 0.6) is 0 Å². The van der Waals surface area contributed by atoms with Crippen LogP contribution in [0.25, 0.3) is 0 Å². The van der Waals surface area contributed by atoms with E-state index in [1.54, 1.807) is 0 Å². The Bertz CT molecular complexity index is 547. The second-order valence-electron chi connectivity index (χ2n) is 5.81. The van der Waals surface area contributed by atoms with Crippen molar-refractivity contribution in [3.8, 4) is 0 Å². The number of hydrogen-bond donors (Lipinski definition) is 1. The van der Waals surface area contributed by atoms with Gasteiger partial charge in [0.25, 0.3) is 0 Å². The molecule has 20 heavy (non-hydrogen) atoms. The minimum absolute atomic E-state index is 0.480. The van der Waals surface area contributed by atoms with Crippen LogP contribution in [0.4, 0.5) is 0 Å². The maximum Gasteiger partial charge on any atom is 0.0352 e. The largest absolute Gasteiger partial charge is 0.313 e. The summed E-state index contributed by atoms with van der Waals surface area (Å²) in [6.07, 6.45) is 4.99. The molecule has 1 aliphatic carbocycles. The molecule has 0 aliphatic heterocycles. The summed E-state index contributed by atoms with van der Waals surface area (Å²) in [6.45, 7) is 0. The van der Waals surface area contributed by atoms with Crippen molar-refractivity contribution in [3.05, 3.63) is 71.3 Å². The van der Waals surface area contributed by atoms with Gasteiger partial charge in [0.1, 0.15) is 0 Å². The average Bonchev–Trinajstić information content (AvgIpc) is 2.67. The summed E-state index contributed by atoms with van der Waals surface area (Å²) in [7, 11) is 2.10. The third-order valence-electron chi connectivity index (χ3n) is 4.53. The first-order valence-corrected chi connectivity index (χ1v) is 7.67. The third kappa shape index (κ3) is 2.78. The van der Waals surface area contributed by atoms with Gasteiger partial charge < -0.3 is 5.32 Å². The first kappa shape index (κ1) is 13.4. The molecule has 2 unspecified atom stereocenters. The zero-order valence-electron chi connectivity index (χ0n) is 12.2. The summed E-state index contributed by atoms with van der Waals surface area (Å²) >= 11 is 0. The molecule has 1 N–H and O–H groups in total. The van der Waals surface area contributed by atoms with E-state index in [0.29, 0.717) is 12.0 Å². The number of benzene rings is 2. The Morgan fingerprint density at radius 3 is 2.55 bits per heavy atom. The molecular formula is C19H23N. The van der Waals surface area contributed by atoms with E-state index in [-0.39, 0.29) is 0 Å². The highest BCUT2D eigenvalue weighted by Crippen LogP contribution is 2.34. The Balaban J connectivity index is 1.88. The smallest absolute Gasteiger partial charge is 0.0352 e. The quantitative estimate of drug-likeness (QED) is 0.822. The molecule has 3 rings (SSSR count). The lowest BCUT2D eigenvalue weighted by Gasteiger charge is -2.26. The van der Waals surface area contributed by atoms with E-state index in [2.05, 4.69) is 67.0 Å². The molecule has 0 spiro atoms. The lowest BCUT2D eigenvalue weighted by Crippen LogP contribution is -2.26. The molecule has 1 nitrogen and oxygen atoms in total. The van der Waals surface area contributed by atoms with Gasteiger partial charge in [-0.05, 0) is 55.3 Å². The van der Waals surface area contributed by atoms with E-state index < -0.39 is 0 Å². The number of nitrogens with one attached hydrogen (secondary N) is 1. The molecule has 2 aromatic carbocycles. The second-order valence-corrected chi connectivity index (χ2v) is 5.81. The maximum absolute atomic E-state index is 3.57. The van der Waals surface area contributed by atoms with E-state index in [1.807, 2.05) is 0 Å². The summed E-state index contributed by atoms with van der Waals surface area (Å²) in [5.41, 5.74) is 4.49. The molecule has 2 atom stereocenters. The van der Waals surface area contributed by atoms with Gasteiger partial charge in [-0.25, -0.2) is 0 Å². The fraction of sp³-hybridized carbons (Fsp3) is 0.368. The zero-order chi connectivity index (χ0) is 13.8. The summed E-state index contributed by atoms with van der Waals surface area (Å²) in [5, 5.41) is 3.57. The molecule has 0 radical (unpaired) electrons. The second kappa shape index (κ2) is 6.23. The molecule has 0 heterocycles. The van der Waals surface area contributed by atoms with Crippen LogP contribution in [0.1, 0.15) is 35.6 Å². The molecule has 0 saturated carbocycles. The van der Waals surface area contributed by atoms with E-state index in [4.69, 9.17) is 0 Å². The highest BCUT2D eigenvalue weighted by atomic mass is 14.9. The van der Waals surface area contributed by atoms with Gasteiger partial charge in [-0.3, -0.25) is 0 Å². The van der Waals surface area contributed by atoms with Crippen LogP contribution in [0.15, 0.2) is 54.6 Å². The summed E-state index contributed by atoms with van der Waals surface area (Å²) < 4.78 is 0. The molecular weight excluding hydrogens is 242 g/mol. The molecule has 0 fully saturated rings. The molecule has 1 aliphatic rings. The van der Waals surface area contributed by atoms with Gasteiger partial charge in [0.05, 0.1) is 0 Å². The van der Waals surface area contributed by atoms with Crippen LogP contribution in [-0.4, -0.2) is 7.05 Å². The van der Waals surface area contributed by atoms with Crippen molar-refractivity contribution in [1.82, 2.24) is 5.32 Å². The van der Waals surface area contributed by atoms with E-state index in [1.165, 1.54) is 42.4 Å². The van der Waals surface area contributed by atoms with Crippen LogP contribution in [0.3, 0.4) is 0 Å². The lowest BCUT2D eigenvalue weighted by atomic mass is 9.86. The van der Waals surface area contributed by atoms with Gasteiger partial charge in [0.2, 0.25) is 0 Å². The Morgan fingerprint density at radius 2 is 1.75 bits per heavy atom. The number of aryl methyl sites for hydroxylation is 1. The minimum atomic E-state index is 0.480. The summed E-state index contributed by atoms with van der Waals surface area (Å²) in [6, 6.07) is 20.3. The first-order valence-electron chi connectivity index (χ1n) is 7.67. The Hall–Kier alpha value is -1.60. The van der Waals surface area contributed by atoms with Crippen LogP contribution in [0.2, 0.25) is 0 Å². The third-order valence-corrected chi connectivity index (χ3v) is 4.53. The lowest BCUT2D eigenvalue weighted by molar-refractivity contribution is 0.359. The minimum Gasteiger partial charge on any atom is -0.313 e. The topological polar surface area (TPSA) is 12.0 Å². The highest BCUT2D eigenvalue weighted by molar-refractivity contribution is 5.32. The van der Waals surface area contributed by atoms with Crippen LogP contribution >= 0.6 is 0 Å². The molecule has 0 amide bonds. The molecule has 0 saturated heterocycles. The zero-order valence-corrected chi connectivity index (χ0v) is 12.2. The van der Waals surface area contributed by atoms with Crippen LogP contribution < -0.4 is 5.32 Å². The predicted molar refractivity (Wildman–Crippen MR) is 84.8 cm³/mol. The van der Waals surface area contributed by atoms with Gasteiger partial charge in [-0.15, -0.1) is 0 Å². The molecule has 0 aromatic heterocycles. The standard InChI is InChI=1S/C19H23N/c1-20-19-17(14-15-8-3-2-4-9-15)12-7-11-16-10-5-6-13-18(16)19/h2-6,8-10,13,17,19-20H,7,11-12,14H2,1H3. The van der Waals surface area contributed by atoms with E-state index in [0.717, 1.165) is 0 Å². The predicted octanol–water partition coefficient (Wildman–Crippen LogP) is 4.14. The van der Waals surface area contributed by atoms with Gasteiger partial charge in [0.15, 0.2) is 0 Å². The van der Waals surface area contributed by atoms with Gasteiger partial charge in [-0.2, -0.15) is 0 Å². The van der Waals surface area contributed by atoms with Crippen molar-refractivity contribution in [2.24, 2.45) is 5.92 Å². The Kier molecular flexibility index (Phi) is 4.17. The van der Waals surface area contributed by atoms with E-state index >= 15 is 0 Å². The van der Waals surface area contributed by atoms with Crippen molar-refractivity contribution in [2.75, 3.05) is 7.05 Å². The Labute approximate surface area is 122 Å². The number of hydrogen-bond acceptors (Lipinski definition) is 1. The summed E-state index contributed by atoms with van der Waals surface area (Å²) in [4.78, 5) is 0. The monoisotopic (exact) mass is 265 g/mol. The number of fused-ring (bicyclic) bond motifs is 1. The van der Waals surface area contributed by atoms with Crippen LogP contribution in [-0.2, 0) is 12.8 Å².